The smallest absolute Gasteiger partial charge is 0.270 e. The lowest BCUT2D eigenvalue weighted by atomic mass is 10.1. The van der Waals surface area contributed by atoms with E-state index in [9.17, 15) is 22.9 Å². The van der Waals surface area contributed by atoms with Crippen molar-refractivity contribution >= 4 is 26.6 Å². The van der Waals surface area contributed by atoms with Gasteiger partial charge in [-0.05, 0) is 30.8 Å². The maximum absolute atomic E-state index is 12.6. The summed E-state index contributed by atoms with van der Waals surface area (Å²) in [6, 6.07) is 12.2. The minimum atomic E-state index is -3.60. The summed E-state index contributed by atoms with van der Waals surface area (Å²) >= 11 is 0. The SMILES string of the molecule is C=CCS(=O)(=O)n1cc(CN2CCN(C)CC2)c2cc([N+](=O)[O-])ccc21.Fc1ccccc1. The number of nitrogens with zero attached hydrogens (tertiary/aromatic N) is 4. The van der Waals surface area contributed by atoms with Crippen LogP contribution >= 0.6 is 0 Å². The van der Waals surface area contributed by atoms with Gasteiger partial charge in [-0.2, -0.15) is 0 Å². The summed E-state index contributed by atoms with van der Waals surface area (Å²) in [6.45, 7) is 7.68. The summed E-state index contributed by atoms with van der Waals surface area (Å²) in [7, 11) is -1.53. The summed E-state index contributed by atoms with van der Waals surface area (Å²) < 4.78 is 38.2. The topological polar surface area (TPSA) is 88.7 Å². The maximum Gasteiger partial charge on any atom is 0.270 e. The van der Waals surface area contributed by atoms with Gasteiger partial charge in [-0.3, -0.25) is 15.0 Å². The number of hydrogen-bond donors (Lipinski definition) is 0. The third-order valence-electron chi connectivity index (χ3n) is 5.40. The molecular weight excluding hydrogens is 447 g/mol. The first-order valence-corrected chi connectivity index (χ1v) is 12.1. The first-order valence-electron chi connectivity index (χ1n) is 10.4. The van der Waals surface area contributed by atoms with Gasteiger partial charge in [0, 0.05) is 56.4 Å². The van der Waals surface area contributed by atoms with E-state index in [-0.39, 0.29) is 17.3 Å². The predicted octanol–water partition coefficient (Wildman–Crippen LogP) is 3.49. The van der Waals surface area contributed by atoms with Crippen molar-refractivity contribution in [2.75, 3.05) is 39.0 Å². The summed E-state index contributed by atoms with van der Waals surface area (Å²) in [5, 5.41) is 11.7. The molecule has 1 aliphatic rings. The number of nitro groups is 1. The van der Waals surface area contributed by atoms with Gasteiger partial charge < -0.3 is 4.90 Å². The normalized spacial score (nSPS) is 15.1. The molecule has 2 heterocycles. The fourth-order valence-corrected chi connectivity index (χ4v) is 4.82. The molecule has 3 aromatic rings. The highest BCUT2D eigenvalue weighted by Crippen LogP contribution is 2.28. The quantitative estimate of drug-likeness (QED) is 0.309. The van der Waals surface area contributed by atoms with Crippen molar-refractivity contribution in [3.63, 3.8) is 0 Å². The molecule has 2 aromatic carbocycles. The molecule has 0 spiro atoms. The molecule has 1 fully saturated rings. The molecule has 0 saturated carbocycles. The van der Waals surface area contributed by atoms with Gasteiger partial charge in [0.25, 0.3) is 5.69 Å². The lowest BCUT2D eigenvalue weighted by Gasteiger charge is -2.32. The van der Waals surface area contributed by atoms with Crippen LogP contribution < -0.4 is 0 Å². The molecule has 0 aliphatic carbocycles. The van der Waals surface area contributed by atoms with E-state index in [0.29, 0.717) is 17.4 Å². The van der Waals surface area contributed by atoms with Crippen molar-refractivity contribution in [1.82, 2.24) is 13.8 Å². The van der Waals surface area contributed by atoms with Gasteiger partial charge >= 0.3 is 0 Å². The molecule has 1 aliphatic heterocycles. The van der Waals surface area contributed by atoms with E-state index in [2.05, 4.69) is 23.4 Å². The number of rotatable bonds is 6. The average molecular weight is 475 g/mol. The molecule has 33 heavy (non-hydrogen) atoms. The Labute approximate surface area is 192 Å². The van der Waals surface area contributed by atoms with Crippen LogP contribution in [0.15, 0.2) is 67.4 Å². The second-order valence-corrected chi connectivity index (χ2v) is 9.74. The third-order valence-corrected chi connectivity index (χ3v) is 6.96. The van der Waals surface area contributed by atoms with Crippen LogP contribution in [0, 0.1) is 15.9 Å². The lowest BCUT2D eigenvalue weighted by molar-refractivity contribution is -0.384. The third kappa shape index (κ3) is 6.25. The molecule has 8 nitrogen and oxygen atoms in total. The molecule has 0 unspecified atom stereocenters. The number of hydrogen-bond acceptors (Lipinski definition) is 6. The van der Waals surface area contributed by atoms with Crippen molar-refractivity contribution < 1.29 is 17.7 Å². The first kappa shape index (κ1) is 24.6. The van der Waals surface area contributed by atoms with E-state index in [4.69, 9.17) is 0 Å². The summed E-state index contributed by atoms with van der Waals surface area (Å²) in [6.07, 6.45) is 2.93. The van der Waals surface area contributed by atoms with Crippen molar-refractivity contribution in [2.45, 2.75) is 6.54 Å². The van der Waals surface area contributed by atoms with Crippen LogP contribution in [-0.2, 0) is 16.6 Å². The van der Waals surface area contributed by atoms with E-state index in [1.54, 1.807) is 24.4 Å². The summed E-state index contributed by atoms with van der Waals surface area (Å²) in [4.78, 5) is 15.1. The molecule has 4 rings (SSSR count). The highest BCUT2D eigenvalue weighted by atomic mass is 32.2. The molecule has 176 valence electrons. The Morgan fingerprint density at radius 1 is 1.12 bits per heavy atom. The summed E-state index contributed by atoms with van der Waals surface area (Å²) in [5.74, 6) is -0.371. The van der Waals surface area contributed by atoms with Crippen LogP contribution in [0.25, 0.3) is 10.9 Å². The van der Waals surface area contributed by atoms with E-state index < -0.39 is 14.9 Å². The minimum Gasteiger partial charge on any atom is -0.304 e. The lowest BCUT2D eigenvalue weighted by Crippen LogP contribution is -2.43. The molecular formula is C23H27FN4O4S. The van der Waals surface area contributed by atoms with Crippen molar-refractivity contribution in [1.29, 1.82) is 0 Å². The van der Waals surface area contributed by atoms with Crippen LogP contribution in [-0.4, -0.2) is 66.1 Å². The number of nitro benzene ring substituents is 1. The highest BCUT2D eigenvalue weighted by Gasteiger charge is 2.22. The van der Waals surface area contributed by atoms with Gasteiger partial charge in [-0.25, -0.2) is 16.8 Å². The molecule has 0 radical (unpaired) electrons. The van der Waals surface area contributed by atoms with Gasteiger partial charge in [0.15, 0.2) is 0 Å². The minimum absolute atomic E-state index is 0.0454. The van der Waals surface area contributed by atoms with Gasteiger partial charge in [0.05, 0.1) is 16.2 Å². The molecule has 10 heteroatoms. The van der Waals surface area contributed by atoms with Gasteiger partial charge in [0.2, 0.25) is 10.0 Å². The number of piperazine rings is 1. The predicted molar refractivity (Wildman–Crippen MR) is 127 cm³/mol. The zero-order chi connectivity index (χ0) is 24.0. The molecule has 0 bridgehead atoms. The fourth-order valence-electron chi connectivity index (χ4n) is 3.61. The fraction of sp³-hybridized carbons (Fsp3) is 0.304. The molecule has 0 amide bonds. The molecule has 1 aromatic heterocycles. The zero-order valence-electron chi connectivity index (χ0n) is 18.4. The number of benzene rings is 2. The largest absolute Gasteiger partial charge is 0.304 e. The van der Waals surface area contributed by atoms with Crippen molar-refractivity contribution in [3.8, 4) is 0 Å². The van der Waals surface area contributed by atoms with Crippen LogP contribution in [0.4, 0.5) is 10.1 Å². The maximum atomic E-state index is 12.6. The monoisotopic (exact) mass is 474 g/mol. The second-order valence-electron chi connectivity index (χ2n) is 7.85. The van der Waals surface area contributed by atoms with Crippen molar-refractivity contribution in [2.24, 2.45) is 0 Å². The molecule has 1 saturated heterocycles. The number of fused-ring (bicyclic) bond motifs is 1. The Hall–Kier alpha value is -3.08. The Bertz CT molecular complexity index is 1220. The van der Waals surface area contributed by atoms with E-state index in [1.807, 2.05) is 0 Å². The van der Waals surface area contributed by atoms with Crippen molar-refractivity contribution in [3.05, 3.63) is 88.9 Å². The Balaban J connectivity index is 0.000000374. The Morgan fingerprint density at radius 3 is 2.33 bits per heavy atom. The zero-order valence-corrected chi connectivity index (χ0v) is 19.2. The van der Waals surface area contributed by atoms with Crippen LogP contribution in [0.1, 0.15) is 5.56 Å². The van der Waals surface area contributed by atoms with Gasteiger partial charge in [-0.1, -0.05) is 24.3 Å². The first-order chi connectivity index (χ1) is 15.7. The average Bonchev–Trinajstić information content (AvgIpc) is 3.15. The molecule has 0 N–H and O–H groups in total. The van der Waals surface area contributed by atoms with Gasteiger partial charge in [0.1, 0.15) is 5.82 Å². The Kier molecular flexibility index (Phi) is 7.96. The highest BCUT2D eigenvalue weighted by molar-refractivity contribution is 7.90. The second kappa shape index (κ2) is 10.7. The summed E-state index contributed by atoms with van der Waals surface area (Å²) in [5.41, 5.74) is 1.19. The Morgan fingerprint density at radius 2 is 1.79 bits per heavy atom. The number of aromatic nitrogens is 1. The molecule has 0 atom stereocenters. The standard InChI is InChI=1S/C17H22N4O4S.C6H5F/c1-3-10-26(24,25)20-13-14(12-19-8-6-18(2)7-9-19)16-11-15(21(22)23)4-5-17(16)20;7-6-4-2-1-3-5-6/h3-5,11,13H,1,6-10,12H2,2H3;1-5H. The number of halogens is 1. The van der Waals surface area contributed by atoms with E-state index in [1.165, 1.54) is 40.4 Å². The number of non-ortho nitro benzene ring substituents is 1. The van der Waals surface area contributed by atoms with Crippen LogP contribution in [0.2, 0.25) is 0 Å². The number of likely N-dealkylation sites (N-methyl/N-ethyl adjacent to an activating group) is 1. The van der Waals surface area contributed by atoms with Gasteiger partial charge in [-0.15, -0.1) is 6.58 Å². The van der Waals surface area contributed by atoms with Crippen LogP contribution in [0.5, 0.6) is 0 Å². The van der Waals surface area contributed by atoms with Crippen LogP contribution in [0.3, 0.4) is 0 Å². The van der Waals surface area contributed by atoms with E-state index in [0.717, 1.165) is 31.7 Å². The van der Waals surface area contributed by atoms with E-state index >= 15 is 0 Å².